The van der Waals surface area contributed by atoms with Crippen molar-refractivity contribution in [1.82, 2.24) is 4.90 Å². The van der Waals surface area contributed by atoms with Crippen molar-refractivity contribution in [3.8, 4) is 11.8 Å². The van der Waals surface area contributed by atoms with Crippen molar-refractivity contribution in [3.63, 3.8) is 0 Å². The lowest BCUT2D eigenvalue weighted by molar-refractivity contribution is 0.169. The molecule has 0 saturated carbocycles. The molecule has 0 radical (unpaired) electrons. The van der Waals surface area contributed by atoms with Gasteiger partial charge in [-0.3, -0.25) is 4.90 Å². The van der Waals surface area contributed by atoms with E-state index in [2.05, 4.69) is 49.9 Å². The molecule has 1 saturated heterocycles. The third-order valence-corrected chi connectivity index (χ3v) is 4.15. The molecule has 2 rings (SSSR count). The summed E-state index contributed by atoms with van der Waals surface area (Å²) in [7, 11) is 0. The second-order valence-electron chi connectivity index (χ2n) is 6.87. The van der Waals surface area contributed by atoms with E-state index in [0.29, 0.717) is 6.61 Å². The zero-order valence-electron chi connectivity index (χ0n) is 13.4. The van der Waals surface area contributed by atoms with E-state index in [1.807, 2.05) is 6.07 Å². The van der Waals surface area contributed by atoms with Crippen molar-refractivity contribution in [2.24, 2.45) is 5.92 Å². The Bertz CT molecular complexity index is 491. The smallest absolute Gasteiger partial charge is 0.119 e. The Labute approximate surface area is 128 Å². The van der Waals surface area contributed by atoms with Crippen LogP contribution in [0.3, 0.4) is 0 Å². The van der Waals surface area contributed by atoms with E-state index in [1.54, 1.807) is 0 Å². The molecule has 0 aromatic heterocycles. The molecule has 0 unspecified atom stereocenters. The fraction of sp³-hybridized carbons (Fsp3) is 0.611. The standard InChI is InChI=1S/C18H26N2O/c1-18(2,3)16-5-4-6-17(13-16)21-12-11-20-9-7-15(14-19)8-10-20/h4-6,13,15H,7-12H2,1-3H3. The quantitative estimate of drug-likeness (QED) is 0.848. The summed E-state index contributed by atoms with van der Waals surface area (Å²) in [5.74, 6) is 1.21. The van der Waals surface area contributed by atoms with Crippen LogP contribution in [-0.2, 0) is 5.41 Å². The van der Waals surface area contributed by atoms with Crippen molar-refractivity contribution in [1.29, 1.82) is 5.26 Å². The van der Waals surface area contributed by atoms with E-state index < -0.39 is 0 Å². The molecule has 1 heterocycles. The molecule has 0 amide bonds. The van der Waals surface area contributed by atoms with Gasteiger partial charge in [0.25, 0.3) is 0 Å². The van der Waals surface area contributed by atoms with Crippen LogP contribution in [0, 0.1) is 17.2 Å². The number of likely N-dealkylation sites (tertiary alicyclic amines) is 1. The van der Waals surface area contributed by atoms with Gasteiger partial charge in [-0.05, 0) is 49.0 Å². The minimum absolute atomic E-state index is 0.151. The first-order chi connectivity index (χ1) is 9.99. The SMILES string of the molecule is CC(C)(C)c1cccc(OCCN2CCC(C#N)CC2)c1. The fourth-order valence-electron chi connectivity index (χ4n) is 2.63. The van der Waals surface area contributed by atoms with Crippen LogP contribution >= 0.6 is 0 Å². The van der Waals surface area contributed by atoms with Crippen molar-refractivity contribution in [3.05, 3.63) is 29.8 Å². The Morgan fingerprint density at radius 3 is 2.62 bits per heavy atom. The van der Waals surface area contributed by atoms with Crippen LogP contribution in [0.2, 0.25) is 0 Å². The monoisotopic (exact) mass is 286 g/mol. The first-order valence-electron chi connectivity index (χ1n) is 7.84. The Hall–Kier alpha value is -1.53. The summed E-state index contributed by atoms with van der Waals surface area (Å²) >= 11 is 0. The molecule has 1 aliphatic heterocycles. The molecule has 0 N–H and O–H groups in total. The maximum atomic E-state index is 8.90. The van der Waals surface area contributed by atoms with E-state index in [4.69, 9.17) is 10.00 Å². The van der Waals surface area contributed by atoms with Gasteiger partial charge in [-0.25, -0.2) is 0 Å². The fourth-order valence-corrected chi connectivity index (χ4v) is 2.63. The van der Waals surface area contributed by atoms with Crippen LogP contribution < -0.4 is 4.74 Å². The van der Waals surface area contributed by atoms with Gasteiger partial charge in [0.15, 0.2) is 0 Å². The van der Waals surface area contributed by atoms with Crippen LogP contribution in [0.25, 0.3) is 0 Å². The summed E-state index contributed by atoms with van der Waals surface area (Å²) in [4.78, 5) is 2.39. The molecule has 3 nitrogen and oxygen atoms in total. The largest absolute Gasteiger partial charge is 0.492 e. The summed E-state index contributed by atoms with van der Waals surface area (Å²) in [5.41, 5.74) is 1.45. The highest BCUT2D eigenvalue weighted by Crippen LogP contribution is 2.25. The van der Waals surface area contributed by atoms with Gasteiger partial charge in [0.1, 0.15) is 12.4 Å². The zero-order valence-corrected chi connectivity index (χ0v) is 13.4. The molecule has 3 heteroatoms. The number of piperidine rings is 1. The minimum Gasteiger partial charge on any atom is -0.492 e. The lowest BCUT2D eigenvalue weighted by Crippen LogP contribution is -2.36. The summed E-state index contributed by atoms with van der Waals surface area (Å²) in [5, 5.41) is 8.90. The summed E-state index contributed by atoms with van der Waals surface area (Å²) in [6, 6.07) is 10.8. The summed E-state index contributed by atoms with van der Waals surface area (Å²) in [6.45, 7) is 10.3. The van der Waals surface area contributed by atoms with Gasteiger partial charge in [0.2, 0.25) is 0 Å². The van der Waals surface area contributed by atoms with Gasteiger partial charge in [-0.15, -0.1) is 0 Å². The number of nitrogens with zero attached hydrogens (tertiary/aromatic N) is 2. The molecular formula is C18H26N2O. The topological polar surface area (TPSA) is 36.3 Å². The third kappa shape index (κ3) is 4.75. The number of nitriles is 1. The number of hydrogen-bond donors (Lipinski definition) is 0. The van der Waals surface area contributed by atoms with Crippen molar-refractivity contribution in [2.45, 2.75) is 39.0 Å². The van der Waals surface area contributed by atoms with Crippen LogP contribution in [0.15, 0.2) is 24.3 Å². The Balaban J connectivity index is 1.78. The lowest BCUT2D eigenvalue weighted by atomic mass is 9.87. The zero-order chi connectivity index (χ0) is 15.3. The van der Waals surface area contributed by atoms with Crippen LogP contribution in [0.4, 0.5) is 0 Å². The van der Waals surface area contributed by atoms with Crippen molar-refractivity contribution in [2.75, 3.05) is 26.2 Å². The molecule has 21 heavy (non-hydrogen) atoms. The highest BCUT2D eigenvalue weighted by Gasteiger charge is 2.18. The molecule has 1 aromatic rings. The molecule has 114 valence electrons. The molecule has 0 atom stereocenters. The molecular weight excluding hydrogens is 260 g/mol. The lowest BCUT2D eigenvalue weighted by Gasteiger charge is -2.28. The molecule has 0 aliphatic carbocycles. The molecule has 1 aliphatic rings. The van der Waals surface area contributed by atoms with Gasteiger partial charge in [0, 0.05) is 12.5 Å². The second-order valence-corrected chi connectivity index (χ2v) is 6.87. The normalized spacial score (nSPS) is 17.4. The average Bonchev–Trinajstić information content (AvgIpc) is 2.47. The average molecular weight is 286 g/mol. The van der Waals surface area contributed by atoms with E-state index in [1.165, 1.54) is 5.56 Å². The maximum Gasteiger partial charge on any atom is 0.119 e. The first-order valence-corrected chi connectivity index (χ1v) is 7.84. The predicted octanol–water partition coefficient (Wildman–Crippen LogP) is 3.60. The van der Waals surface area contributed by atoms with Gasteiger partial charge < -0.3 is 4.74 Å². The maximum absolute atomic E-state index is 8.90. The first kappa shape index (κ1) is 15.9. The van der Waals surface area contributed by atoms with Crippen LogP contribution in [0.5, 0.6) is 5.75 Å². The van der Waals surface area contributed by atoms with E-state index in [-0.39, 0.29) is 11.3 Å². The predicted molar refractivity (Wildman–Crippen MR) is 85.4 cm³/mol. The number of rotatable bonds is 4. The van der Waals surface area contributed by atoms with Crippen LogP contribution in [-0.4, -0.2) is 31.1 Å². The van der Waals surface area contributed by atoms with E-state index in [0.717, 1.165) is 38.2 Å². The Morgan fingerprint density at radius 1 is 1.29 bits per heavy atom. The molecule has 0 spiro atoms. The summed E-state index contributed by atoms with van der Waals surface area (Å²) in [6.07, 6.45) is 1.99. The van der Waals surface area contributed by atoms with Gasteiger partial charge >= 0.3 is 0 Å². The van der Waals surface area contributed by atoms with E-state index >= 15 is 0 Å². The molecule has 0 bridgehead atoms. The highest BCUT2D eigenvalue weighted by atomic mass is 16.5. The molecule has 1 fully saturated rings. The van der Waals surface area contributed by atoms with Gasteiger partial charge in [0.05, 0.1) is 6.07 Å². The number of benzene rings is 1. The van der Waals surface area contributed by atoms with Crippen molar-refractivity contribution < 1.29 is 4.74 Å². The Kier molecular flexibility index (Phi) is 5.25. The number of ether oxygens (including phenoxy) is 1. The Morgan fingerprint density at radius 2 is 2.00 bits per heavy atom. The number of hydrogen-bond acceptors (Lipinski definition) is 3. The second kappa shape index (κ2) is 6.95. The summed E-state index contributed by atoms with van der Waals surface area (Å²) < 4.78 is 5.89. The van der Waals surface area contributed by atoms with E-state index in [9.17, 15) is 0 Å². The van der Waals surface area contributed by atoms with Gasteiger partial charge in [-0.1, -0.05) is 32.9 Å². The highest BCUT2D eigenvalue weighted by molar-refractivity contribution is 5.32. The van der Waals surface area contributed by atoms with Gasteiger partial charge in [-0.2, -0.15) is 5.26 Å². The molecule has 1 aromatic carbocycles. The third-order valence-electron chi connectivity index (χ3n) is 4.15. The van der Waals surface area contributed by atoms with Crippen LogP contribution in [0.1, 0.15) is 39.2 Å². The minimum atomic E-state index is 0.151. The van der Waals surface area contributed by atoms with Crippen molar-refractivity contribution >= 4 is 0 Å².